The lowest BCUT2D eigenvalue weighted by atomic mass is 9.82. The van der Waals surface area contributed by atoms with E-state index >= 15 is 0 Å². The second-order valence-corrected chi connectivity index (χ2v) is 9.85. The van der Waals surface area contributed by atoms with Crippen LogP contribution in [0.25, 0.3) is 0 Å². The van der Waals surface area contributed by atoms with Crippen molar-refractivity contribution in [3.05, 3.63) is 83.7 Å². The molecule has 0 aliphatic carbocycles. The summed E-state index contributed by atoms with van der Waals surface area (Å²) in [5.41, 5.74) is 7.01. The Morgan fingerprint density at radius 1 is 1.28 bits per heavy atom. The van der Waals surface area contributed by atoms with Crippen LogP contribution in [0, 0.1) is 11.7 Å². The molecule has 8 heteroatoms. The highest BCUT2D eigenvalue weighted by Gasteiger charge is 2.40. The first kappa shape index (κ1) is 27.1. The zero-order chi connectivity index (χ0) is 26.5. The molecule has 7 nitrogen and oxygen atoms in total. The minimum atomic E-state index is -0.760. The van der Waals surface area contributed by atoms with Crippen LogP contribution in [-0.2, 0) is 11.3 Å². The zero-order valence-corrected chi connectivity index (χ0v) is 21.5. The second kappa shape index (κ2) is 11.5. The Hall–Kier alpha value is -3.52. The highest BCUT2D eigenvalue weighted by atomic mass is 19.1. The number of guanidine groups is 1. The third kappa shape index (κ3) is 6.37. The van der Waals surface area contributed by atoms with Gasteiger partial charge in [-0.3, -0.25) is 14.5 Å². The summed E-state index contributed by atoms with van der Waals surface area (Å²) in [6.45, 7) is 8.54. The van der Waals surface area contributed by atoms with Gasteiger partial charge in [0.25, 0.3) is 5.91 Å². The molecule has 2 aromatic carbocycles. The number of rotatable bonds is 10. The van der Waals surface area contributed by atoms with E-state index in [1.54, 1.807) is 12.1 Å². The Morgan fingerprint density at radius 2 is 1.97 bits per heavy atom. The van der Waals surface area contributed by atoms with Crippen LogP contribution in [0.3, 0.4) is 0 Å². The summed E-state index contributed by atoms with van der Waals surface area (Å²) in [6, 6.07) is 13.5. The first-order valence-corrected chi connectivity index (χ1v) is 12.1. The van der Waals surface area contributed by atoms with Crippen LogP contribution in [-0.4, -0.2) is 53.8 Å². The van der Waals surface area contributed by atoms with Crippen LogP contribution < -0.4 is 11.1 Å². The van der Waals surface area contributed by atoms with Gasteiger partial charge in [-0.1, -0.05) is 50.3 Å². The van der Waals surface area contributed by atoms with Gasteiger partial charge in [0.15, 0.2) is 5.96 Å². The van der Waals surface area contributed by atoms with Crippen LogP contribution in [0.15, 0.2) is 66.2 Å². The summed E-state index contributed by atoms with van der Waals surface area (Å²) in [5.74, 6) is -1.08. The van der Waals surface area contributed by atoms with E-state index in [2.05, 4.69) is 16.9 Å². The maximum Gasteiger partial charge on any atom is 0.251 e. The maximum absolute atomic E-state index is 14.6. The Labute approximate surface area is 212 Å². The summed E-state index contributed by atoms with van der Waals surface area (Å²) < 4.78 is 14.6. The lowest BCUT2D eigenvalue weighted by Gasteiger charge is -2.38. The van der Waals surface area contributed by atoms with Gasteiger partial charge in [-0.2, -0.15) is 0 Å². The molecular weight excluding hydrogens is 457 g/mol. The number of halogens is 1. The molecule has 0 spiro atoms. The van der Waals surface area contributed by atoms with Crippen molar-refractivity contribution in [3.8, 4) is 0 Å². The van der Waals surface area contributed by atoms with Gasteiger partial charge in [0.2, 0.25) is 5.91 Å². The third-order valence-corrected chi connectivity index (χ3v) is 6.62. The number of amides is 2. The van der Waals surface area contributed by atoms with E-state index in [4.69, 9.17) is 5.73 Å². The fraction of sp³-hybridized carbons (Fsp3) is 0.393. The van der Waals surface area contributed by atoms with Gasteiger partial charge in [0, 0.05) is 5.56 Å². The largest absolute Gasteiger partial charge is 0.369 e. The number of benzene rings is 2. The molecule has 0 saturated heterocycles. The summed E-state index contributed by atoms with van der Waals surface area (Å²) in [4.78, 5) is 34.0. The zero-order valence-electron chi connectivity index (χ0n) is 21.5. The van der Waals surface area contributed by atoms with Gasteiger partial charge in [0.1, 0.15) is 5.82 Å². The van der Waals surface area contributed by atoms with Crippen molar-refractivity contribution in [3.63, 3.8) is 0 Å². The highest BCUT2D eigenvalue weighted by molar-refractivity contribution is 5.99. The van der Waals surface area contributed by atoms with E-state index in [0.717, 1.165) is 12.1 Å². The Morgan fingerprint density at radius 3 is 2.56 bits per heavy atom. The van der Waals surface area contributed by atoms with Gasteiger partial charge >= 0.3 is 0 Å². The van der Waals surface area contributed by atoms with Gasteiger partial charge in [-0.25, -0.2) is 9.38 Å². The standard InChI is InChI=1S/C28H36FN5O2/c1-6-28(19(2)3)17-25(35)34(27(30)32-28)18-20-14-22(16-23(29)15-20)26(36)31-24(12-13-33(4)5)21-10-8-7-9-11-21/h6-11,14-16,19,24H,1,12-13,17-18H2,2-5H3,(H2,30,32)(H,31,36)/t24?,28-/m0/s1. The van der Waals surface area contributed by atoms with Crippen molar-refractivity contribution in [1.29, 1.82) is 0 Å². The fourth-order valence-corrected chi connectivity index (χ4v) is 4.33. The summed E-state index contributed by atoms with van der Waals surface area (Å²) in [7, 11) is 3.94. The quantitative estimate of drug-likeness (QED) is 0.492. The molecule has 0 bridgehead atoms. The van der Waals surface area contributed by atoms with Crippen LogP contribution in [0.5, 0.6) is 0 Å². The van der Waals surface area contributed by atoms with Gasteiger partial charge < -0.3 is 16.0 Å². The topological polar surface area (TPSA) is 91.0 Å². The van der Waals surface area contributed by atoms with E-state index in [0.29, 0.717) is 12.0 Å². The monoisotopic (exact) mass is 493 g/mol. The first-order valence-electron chi connectivity index (χ1n) is 12.1. The maximum atomic E-state index is 14.6. The minimum Gasteiger partial charge on any atom is -0.369 e. The van der Waals surface area contributed by atoms with Gasteiger partial charge in [-0.15, -0.1) is 6.58 Å². The predicted octanol–water partition coefficient (Wildman–Crippen LogP) is 3.88. The lowest BCUT2D eigenvalue weighted by molar-refractivity contribution is -0.130. The number of carbonyl (C=O) groups is 2. The molecule has 0 radical (unpaired) electrons. The second-order valence-electron chi connectivity index (χ2n) is 9.85. The molecule has 2 aromatic rings. The number of nitrogens with zero attached hydrogens (tertiary/aromatic N) is 3. The molecule has 36 heavy (non-hydrogen) atoms. The number of nitrogens with one attached hydrogen (secondary N) is 1. The van der Waals surface area contributed by atoms with Crippen molar-refractivity contribution >= 4 is 17.8 Å². The molecular formula is C28H36FN5O2. The minimum absolute atomic E-state index is 0.0142. The van der Waals surface area contributed by atoms with Crippen molar-refractivity contribution < 1.29 is 14.0 Å². The first-order chi connectivity index (χ1) is 17.0. The van der Waals surface area contributed by atoms with Crippen molar-refractivity contribution in [2.24, 2.45) is 16.6 Å². The van der Waals surface area contributed by atoms with Crippen molar-refractivity contribution in [2.45, 2.75) is 44.8 Å². The van der Waals surface area contributed by atoms with Crippen molar-refractivity contribution in [2.75, 3.05) is 20.6 Å². The molecule has 1 heterocycles. The average molecular weight is 494 g/mol. The Bertz CT molecular complexity index is 1130. The molecule has 0 saturated carbocycles. The molecule has 2 atom stereocenters. The summed E-state index contributed by atoms with van der Waals surface area (Å²) in [5, 5.41) is 3.04. The van der Waals surface area contributed by atoms with Gasteiger partial charge in [0.05, 0.1) is 24.5 Å². The van der Waals surface area contributed by atoms with Crippen molar-refractivity contribution in [1.82, 2.24) is 15.1 Å². The van der Waals surface area contributed by atoms with E-state index in [1.165, 1.54) is 17.0 Å². The number of nitrogens with two attached hydrogens (primary N) is 1. The summed E-state index contributed by atoms with van der Waals surface area (Å²) in [6.07, 6.45) is 2.48. The molecule has 3 N–H and O–H groups in total. The molecule has 3 rings (SSSR count). The molecule has 1 unspecified atom stereocenters. The molecule has 0 fully saturated rings. The third-order valence-electron chi connectivity index (χ3n) is 6.62. The molecule has 0 aromatic heterocycles. The number of hydrogen-bond donors (Lipinski definition) is 2. The van der Waals surface area contributed by atoms with Crippen LogP contribution in [0.2, 0.25) is 0 Å². The van der Waals surface area contributed by atoms with E-state index in [-0.39, 0.29) is 48.3 Å². The Kier molecular flexibility index (Phi) is 8.63. The Balaban J connectivity index is 1.82. The summed E-state index contributed by atoms with van der Waals surface area (Å²) >= 11 is 0. The molecule has 1 aliphatic heterocycles. The van der Waals surface area contributed by atoms with Gasteiger partial charge in [-0.05, 0) is 62.3 Å². The van der Waals surface area contributed by atoms with E-state index in [9.17, 15) is 14.0 Å². The number of hydrogen-bond acceptors (Lipinski definition) is 5. The SMILES string of the molecule is C=C[C@@]1(C(C)C)CC(=O)N(Cc2cc(F)cc(C(=O)NC(CCN(C)C)c3ccccc3)c2)C(N)=N1. The fourth-order valence-electron chi connectivity index (χ4n) is 4.33. The molecule has 1 aliphatic rings. The van der Waals surface area contributed by atoms with E-state index < -0.39 is 11.4 Å². The van der Waals surface area contributed by atoms with E-state index in [1.807, 2.05) is 63.2 Å². The van der Waals surface area contributed by atoms with Crippen LogP contribution >= 0.6 is 0 Å². The lowest BCUT2D eigenvalue weighted by Crippen LogP contribution is -2.52. The smallest absolute Gasteiger partial charge is 0.251 e. The molecule has 192 valence electrons. The average Bonchev–Trinajstić information content (AvgIpc) is 2.83. The predicted molar refractivity (Wildman–Crippen MR) is 141 cm³/mol. The van der Waals surface area contributed by atoms with Crippen LogP contribution in [0.1, 0.15) is 54.2 Å². The normalized spacial score (nSPS) is 18.8. The van der Waals surface area contributed by atoms with Crippen LogP contribution in [0.4, 0.5) is 4.39 Å². The number of aliphatic imine (C=N–C) groups is 1. The number of carbonyl (C=O) groups excluding carboxylic acids is 2. The molecule has 2 amide bonds. The highest BCUT2D eigenvalue weighted by Crippen LogP contribution is 2.32.